The third-order valence-electron chi connectivity index (χ3n) is 1.05. The van der Waals surface area contributed by atoms with Gasteiger partial charge in [-0.25, -0.2) is 8.78 Å². The maximum absolute atomic E-state index is 12.5. The van der Waals surface area contributed by atoms with Gasteiger partial charge in [-0.05, 0) is 6.07 Å². The number of alkyl halides is 2. The molecular formula is C6H3Cl2F2S. The molecule has 0 bridgehead atoms. The zero-order valence-corrected chi connectivity index (χ0v) is 7.53. The zero-order chi connectivity index (χ0) is 8.65. The van der Waals surface area contributed by atoms with Gasteiger partial charge < -0.3 is 0 Å². The molecule has 0 saturated carbocycles. The second kappa shape index (κ2) is 2.88. The zero-order valence-electron chi connectivity index (χ0n) is 5.20. The first-order valence-electron chi connectivity index (χ1n) is 2.60. The van der Waals surface area contributed by atoms with Gasteiger partial charge in [0.05, 0.1) is 9.90 Å². The summed E-state index contributed by atoms with van der Waals surface area (Å²) in [5.74, 6) is -3.15. The Morgan fingerprint density at radius 3 is 2.18 bits per heavy atom. The normalized spacial score (nSPS) is 12.1. The lowest BCUT2D eigenvalue weighted by Gasteiger charge is -2.06. The molecule has 1 aromatic rings. The first-order valence-corrected chi connectivity index (χ1v) is 4.17. The maximum Gasteiger partial charge on any atom is 0.275 e. The summed E-state index contributed by atoms with van der Waals surface area (Å²) < 4.78 is 25.2. The standard InChI is InChI=1S/C6H3Cl2F2S/c1-6(9,10)3-2-4(7)11-5(3)8/h2H,1H2. The topological polar surface area (TPSA) is 0 Å². The molecule has 0 atom stereocenters. The monoisotopic (exact) mass is 215 g/mol. The van der Waals surface area contributed by atoms with Crippen molar-refractivity contribution < 1.29 is 8.78 Å². The quantitative estimate of drug-likeness (QED) is 0.665. The van der Waals surface area contributed by atoms with E-state index in [0.717, 1.165) is 17.4 Å². The Morgan fingerprint density at radius 2 is 2.00 bits per heavy atom. The predicted octanol–water partition coefficient (Wildman–Crippen LogP) is 3.98. The van der Waals surface area contributed by atoms with Crippen molar-refractivity contribution in [3.8, 4) is 0 Å². The second-order valence-electron chi connectivity index (χ2n) is 1.94. The van der Waals surface area contributed by atoms with Gasteiger partial charge in [-0.2, -0.15) is 0 Å². The van der Waals surface area contributed by atoms with Crippen LogP contribution in [0.3, 0.4) is 0 Å². The third-order valence-corrected chi connectivity index (χ3v) is 2.54. The van der Waals surface area contributed by atoms with Crippen LogP contribution >= 0.6 is 34.5 Å². The molecule has 0 saturated heterocycles. The largest absolute Gasteiger partial charge is 0.275 e. The lowest BCUT2D eigenvalue weighted by atomic mass is 10.2. The lowest BCUT2D eigenvalue weighted by molar-refractivity contribution is 0.0492. The average Bonchev–Trinajstić information content (AvgIpc) is 2.08. The van der Waals surface area contributed by atoms with E-state index in [1.807, 2.05) is 0 Å². The minimum atomic E-state index is -3.15. The molecule has 0 unspecified atom stereocenters. The summed E-state index contributed by atoms with van der Waals surface area (Å²) in [6, 6.07) is 1.13. The molecule has 1 rings (SSSR count). The Balaban J connectivity index is 3.13. The summed E-state index contributed by atoms with van der Waals surface area (Å²) in [6.07, 6.45) is 0. The Kier molecular flexibility index (Phi) is 2.42. The Labute approximate surface area is 76.7 Å². The van der Waals surface area contributed by atoms with Crippen LogP contribution in [0.15, 0.2) is 6.07 Å². The molecule has 1 heterocycles. The Morgan fingerprint density at radius 1 is 1.45 bits per heavy atom. The Hall–Kier alpha value is 0.140. The van der Waals surface area contributed by atoms with Gasteiger partial charge in [0.2, 0.25) is 0 Å². The van der Waals surface area contributed by atoms with Crippen LogP contribution in [0, 0.1) is 6.92 Å². The van der Waals surface area contributed by atoms with E-state index in [-0.39, 0.29) is 14.2 Å². The van der Waals surface area contributed by atoms with Crippen molar-refractivity contribution in [3.05, 3.63) is 27.2 Å². The van der Waals surface area contributed by atoms with Crippen molar-refractivity contribution in [1.82, 2.24) is 0 Å². The molecule has 11 heavy (non-hydrogen) atoms. The van der Waals surface area contributed by atoms with Gasteiger partial charge in [-0.15, -0.1) is 11.3 Å². The summed E-state index contributed by atoms with van der Waals surface area (Å²) in [4.78, 5) is 0. The van der Waals surface area contributed by atoms with Crippen LogP contribution in [-0.2, 0) is 5.92 Å². The smallest absolute Gasteiger partial charge is 0.201 e. The summed E-state index contributed by atoms with van der Waals surface area (Å²) in [7, 11) is 0. The molecule has 0 aliphatic rings. The summed E-state index contributed by atoms with van der Waals surface area (Å²) in [6.45, 7) is 2.65. The van der Waals surface area contributed by atoms with Crippen LogP contribution < -0.4 is 0 Å². The van der Waals surface area contributed by atoms with E-state index in [2.05, 4.69) is 6.92 Å². The van der Waals surface area contributed by atoms with E-state index < -0.39 is 5.92 Å². The molecule has 0 spiro atoms. The van der Waals surface area contributed by atoms with Crippen LogP contribution in [0.1, 0.15) is 5.56 Å². The fourth-order valence-corrected chi connectivity index (χ4v) is 2.16. The number of hydrogen-bond acceptors (Lipinski definition) is 1. The number of thiophene rings is 1. The summed E-state index contributed by atoms with van der Waals surface area (Å²) in [5, 5.41) is 0. The van der Waals surface area contributed by atoms with Crippen LogP contribution in [0.5, 0.6) is 0 Å². The first-order chi connectivity index (χ1) is 4.91. The highest BCUT2D eigenvalue weighted by Gasteiger charge is 2.29. The van der Waals surface area contributed by atoms with Crippen LogP contribution in [0.4, 0.5) is 8.78 Å². The number of hydrogen-bond donors (Lipinski definition) is 0. The van der Waals surface area contributed by atoms with Gasteiger partial charge in [0.1, 0.15) is 4.34 Å². The van der Waals surface area contributed by atoms with Gasteiger partial charge in [0.25, 0.3) is 5.92 Å². The van der Waals surface area contributed by atoms with E-state index >= 15 is 0 Å². The van der Waals surface area contributed by atoms with Gasteiger partial charge >= 0.3 is 0 Å². The molecule has 0 fully saturated rings. The highest BCUT2D eigenvalue weighted by atomic mass is 35.5. The van der Waals surface area contributed by atoms with Crippen LogP contribution in [0.25, 0.3) is 0 Å². The van der Waals surface area contributed by atoms with Crippen molar-refractivity contribution in [3.63, 3.8) is 0 Å². The van der Waals surface area contributed by atoms with Crippen molar-refractivity contribution >= 4 is 34.5 Å². The highest BCUT2D eigenvalue weighted by molar-refractivity contribution is 7.20. The molecule has 0 N–H and O–H groups in total. The SMILES string of the molecule is [CH2]C(F)(F)c1cc(Cl)sc1Cl. The fourth-order valence-electron chi connectivity index (χ4n) is 0.590. The minimum absolute atomic E-state index is 0.00463. The van der Waals surface area contributed by atoms with Crippen molar-refractivity contribution in [2.75, 3.05) is 0 Å². The molecular weight excluding hydrogens is 213 g/mol. The van der Waals surface area contributed by atoms with E-state index in [1.165, 1.54) is 0 Å². The number of rotatable bonds is 1. The fraction of sp³-hybridized carbons (Fsp3) is 0.167. The van der Waals surface area contributed by atoms with Crippen LogP contribution in [0.2, 0.25) is 8.67 Å². The molecule has 0 aromatic carbocycles. The predicted molar refractivity (Wildman–Crippen MR) is 43.6 cm³/mol. The van der Waals surface area contributed by atoms with E-state index in [4.69, 9.17) is 23.2 Å². The van der Waals surface area contributed by atoms with Gasteiger partial charge in [-0.1, -0.05) is 23.2 Å². The minimum Gasteiger partial charge on any atom is -0.201 e. The second-order valence-corrected chi connectivity index (χ2v) is 4.23. The molecule has 0 aliphatic heterocycles. The first kappa shape index (κ1) is 9.23. The molecule has 5 heteroatoms. The molecule has 1 radical (unpaired) electrons. The Bertz CT molecular complexity index is 264. The van der Waals surface area contributed by atoms with Crippen molar-refractivity contribution in [2.24, 2.45) is 0 Å². The summed E-state index contributed by atoms with van der Waals surface area (Å²) >= 11 is 11.8. The summed E-state index contributed by atoms with van der Waals surface area (Å²) in [5.41, 5.74) is -0.311. The molecule has 1 aromatic heterocycles. The molecule has 0 aliphatic carbocycles. The van der Waals surface area contributed by atoms with Crippen LogP contribution in [-0.4, -0.2) is 0 Å². The maximum atomic E-state index is 12.5. The average molecular weight is 216 g/mol. The van der Waals surface area contributed by atoms with Gasteiger partial charge in [0, 0.05) is 6.92 Å². The lowest BCUT2D eigenvalue weighted by Crippen LogP contribution is -2.05. The molecule has 0 nitrogen and oxygen atoms in total. The van der Waals surface area contributed by atoms with Crippen molar-refractivity contribution in [2.45, 2.75) is 5.92 Å². The van der Waals surface area contributed by atoms with Gasteiger partial charge in [-0.3, -0.25) is 0 Å². The van der Waals surface area contributed by atoms with E-state index in [1.54, 1.807) is 0 Å². The van der Waals surface area contributed by atoms with E-state index in [0.29, 0.717) is 0 Å². The van der Waals surface area contributed by atoms with E-state index in [9.17, 15) is 8.78 Å². The highest BCUT2D eigenvalue weighted by Crippen LogP contribution is 2.39. The van der Waals surface area contributed by atoms with Gasteiger partial charge in [0.15, 0.2) is 0 Å². The molecule has 0 amide bonds. The third kappa shape index (κ3) is 2.04. The number of halogens is 4. The molecule has 61 valence electrons. The van der Waals surface area contributed by atoms with Crippen molar-refractivity contribution in [1.29, 1.82) is 0 Å².